The maximum absolute atomic E-state index is 5.74. The predicted molar refractivity (Wildman–Crippen MR) is 63.0 cm³/mol. The Morgan fingerprint density at radius 3 is 2.87 bits per heavy atom. The number of nitrogens with one attached hydrogen (secondary N) is 2. The molecule has 0 aliphatic carbocycles. The molecule has 0 spiro atoms. The summed E-state index contributed by atoms with van der Waals surface area (Å²) in [6.07, 6.45) is 4.29. The summed E-state index contributed by atoms with van der Waals surface area (Å²) >= 11 is 0. The fourth-order valence-corrected chi connectivity index (χ4v) is 2.07. The normalized spacial score (nSPS) is 17.7. The molecule has 0 saturated carbocycles. The molecule has 4 N–H and O–H groups in total. The van der Waals surface area contributed by atoms with E-state index in [0.29, 0.717) is 11.7 Å². The Balaban J connectivity index is 2.20. The molecule has 1 saturated heterocycles. The zero-order chi connectivity index (χ0) is 10.7. The summed E-state index contributed by atoms with van der Waals surface area (Å²) in [4.78, 5) is 4.22. The largest absolute Gasteiger partial charge is 0.385 e. The number of nitrogens with two attached hydrogens (primary N) is 1. The van der Waals surface area contributed by atoms with Crippen molar-refractivity contribution in [1.82, 2.24) is 10.3 Å². The van der Waals surface area contributed by atoms with Crippen molar-refractivity contribution in [1.29, 1.82) is 0 Å². The molecule has 0 aromatic carbocycles. The lowest BCUT2D eigenvalue weighted by molar-refractivity contribution is 0.460. The lowest BCUT2D eigenvalue weighted by Gasteiger charge is -2.23. The van der Waals surface area contributed by atoms with Crippen LogP contribution < -0.4 is 16.4 Å². The molecular weight excluding hydrogens is 188 g/mol. The third-order valence-electron chi connectivity index (χ3n) is 3.02. The van der Waals surface area contributed by atoms with E-state index in [0.717, 1.165) is 18.8 Å². The number of hydrogen-bond donors (Lipinski definition) is 3. The average molecular weight is 206 g/mol. The van der Waals surface area contributed by atoms with Gasteiger partial charge in [0.05, 0.1) is 5.69 Å². The van der Waals surface area contributed by atoms with E-state index in [9.17, 15) is 0 Å². The number of piperidine rings is 1. The Bertz CT molecular complexity index is 331. The summed E-state index contributed by atoms with van der Waals surface area (Å²) in [5.41, 5.74) is 7.98. The van der Waals surface area contributed by atoms with Crippen LogP contribution in [0.2, 0.25) is 0 Å². The minimum absolute atomic E-state index is 0.579. The van der Waals surface area contributed by atoms with Crippen LogP contribution >= 0.6 is 0 Å². The highest BCUT2D eigenvalue weighted by atomic mass is 14.9. The van der Waals surface area contributed by atoms with Gasteiger partial charge in [-0.2, -0.15) is 0 Å². The lowest BCUT2D eigenvalue weighted by atomic mass is 9.91. The van der Waals surface area contributed by atoms with E-state index in [1.54, 1.807) is 0 Å². The van der Waals surface area contributed by atoms with Crippen molar-refractivity contribution in [2.45, 2.75) is 18.8 Å². The molecule has 15 heavy (non-hydrogen) atoms. The molecular formula is C11H18N4. The quantitative estimate of drug-likeness (QED) is 0.680. The maximum Gasteiger partial charge on any atom is 0.146 e. The van der Waals surface area contributed by atoms with Crippen molar-refractivity contribution in [3.63, 3.8) is 0 Å². The van der Waals surface area contributed by atoms with Crippen LogP contribution in [-0.2, 0) is 0 Å². The molecule has 2 rings (SSSR count). The van der Waals surface area contributed by atoms with Gasteiger partial charge in [0, 0.05) is 13.2 Å². The van der Waals surface area contributed by atoms with E-state index >= 15 is 0 Å². The van der Waals surface area contributed by atoms with Crippen LogP contribution in [0.1, 0.15) is 24.3 Å². The molecule has 82 valence electrons. The Kier molecular flexibility index (Phi) is 3.06. The topological polar surface area (TPSA) is 63.0 Å². The molecule has 0 bridgehead atoms. The van der Waals surface area contributed by atoms with Crippen molar-refractivity contribution in [2.75, 3.05) is 31.2 Å². The number of anilines is 2. The zero-order valence-corrected chi connectivity index (χ0v) is 9.09. The second kappa shape index (κ2) is 4.49. The van der Waals surface area contributed by atoms with Gasteiger partial charge in [0.1, 0.15) is 5.82 Å². The van der Waals surface area contributed by atoms with Gasteiger partial charge in [0.25, 0.3) is 0 Å². The van der Waals surface area contributed by atoms with Crippen LogP contribution in [0.25, 0.3) is 0 Å². The molecule has 0 unspecified atom stereocenters. The summed E-state index contributed by atoms with van der Waals surface area (Å²) < 4.78 is 0. The predicted octanol–water partition coefficient (Wildman–Crippen LogP) is 1.17. The number of pyridine rings is 1. The Morgan fingerprint density at radius 1 is 1.47 bits per heavy atom. The van der Waals surface area contributed by atoms with Gasteiger partial charge < -0.3 is 16.4 Å². The summed E-state index contributed by atoms with van der Waals surface area (Å²) in [7, 11) is 1.87. The summed E-state index contributed by atoms with van der Waals surface area (Å²) in [5, 5.41) is 6.44. The number of aromatic nitrogens is 1. The summed E-state index contributed by atoms with van der Waals surface area (Å²) in [6, 6.07) is 2.12. The molecule has 1 aliphatic rings. The Morgan fingerprint density at radius 2 is 2.20 bits per heavy atom. The van der Waals surface area contributed by atoms with Gasteiger partial charge in [-0.25, -0.2) is 4.98 Å². The zero-order valence-electron chi connectivity index (χ0n) is 9.09. The average Bonchev–Trinajstić information content (AvgIpc) is 2.31. The molecule has 1 aliphatic heterocycles. The van der Waals surface area contributed by atoms with Crippen molar-refractivity contribution in [2.24, 2.45) is 0 Å². The van der Waals surface area contributed by atoms with Gasteiger partial charge in [-0.3, -0.25) is 0 Å². The number of nitrogens with zero attached hydrogens (tertiary/aromatic N) is 1. The van der Waals surface area contributed by atoms with Crippen molar-refractivity contribution in [3.8, 4) is 0 Å². The fraction of sp³-hybridized carbons (Fsp3) is 0.545. The van der Waals surface area contributed by atoms with Crippen LogP contribution in [0.15, 0.2) is 12.3 Å². The molecule has 0 amide bonds. The standard InChI is InChI=1S/C11H18N4/c1-13-10-6-9(7-15-11(10)12)8-2-4-14-5-3-8/h6-8,13-14H,2-5H2,1H3,(H2,12,15). The molecule has 4 heteroatoms. The number of rotatable bonds is 2. The van der Waals surface area contributed by atoms with Crippen molar-refractivity contribution >= 4 is 11.5 Å². The fourth-order valence-electron chi connectivity index (χ4n) is 2.07. The lowest BCUT2D eigenvalue weighted by Crippen LogP contribution is -2.26. The monoisotopic (exact) mass is 206 g/mol. The van der Waals surface area contributed by atoms with Crippen LogP contribution in [0.3, 0.4) is 0 Å². The van der Waals surface area contributed by atoms with Crippen LogP contribution in [0, 0.1) is 0 Å². The molecule has 0 radical (unpaired) electrons. The van der Waals surface area contributed by atoms with Crippen LogP contribution in [0.4, 0.5) is 11.5 Å². The summed E-state index contributed by atoms with van der Waals surface area (Å²) in [5.74, 6) is 1.21. The van der Waals surface area contributed by atoms with Gasteiger partial charge in [-0.1, -0.05) is 0 Å². The Hall–Kier alpha value is -1.29. The van der Waals surface area contributed by atoms with E-state index in [1.165, 1.54) is 18.4 Å². The smallest absolute Gasteiger partial charge is 0.146 e. The third kappa shape index (κ3) is 2.21. The van der Waals surface area contributed by atoms with E-state index in [1.807, 2.05) is 13.2 Å². The SMILES string of the molecule is CNc1cc(C2CCNCC2)cnc1N. The minimum atomic E-state index is 0.579. The first-order valence-corrected chi connectivity index (χ1v) is 5.45. The Labute approximate surface area is 90.3 Å². The third-order valence-corrected chi connectivity index (χ3v) is 3.02. The molecule has 4 nitrogen and oxygen atoms in total. The van der Waals surface area contributed by atoms with Crippen molar-refractivity contribution in [3.05, 3.63) is 17.8 Å². The van der Waals surface area contributed by atoms with Crippen LogP contribution in [0.5, 0.6) is 0 Å². The molecule has 2 heterocycles. The molecule has 1 aromatic heterocycles. The minimum Gasteiger partial charge on any atom is -0.385 e. The maximum atomic E-state index is 5.74. The van der Waals surface area contributed by atoms with Gasteiger partial charge in [-0.05, 0) is 43.5 Å². The highest BCUT2D eigenvalue weighted by Gasteiger charge is 2.16. The van der Waals surface area contributed by atoms with Crippen molar-refractivity contribution < 1.29 is 0 Å². The highest BCUT2D eigenvalue weighted by Crippen LogP contribution is 2.28. The van der Waals surface area contributed by atoms with E-state index in [-0.39, 0.29) is 0 Å². The van der Waals surface area contributed by atoms with E-state index in [2.05, 4.69) is 21.7 Å². The van der Waals surface area contributed by atoms with Gasteiger partial charge >= 0.3 is 0 Å². The second-order valence-corrected chi connectivity index (χ2v) is 3.98. The van der Waals surface area contributed by atoms with Gasteiger partial charge in [-0.15, -0.1) is 0 Å². The first-order valence-electron chi connectivity index (χ1n) is 5.45. The molecule has 0 atom stereocenters. The number of nitrogen functional groups attached to an aromatic ring is 1. The first kappa shape index (κ1) is 10.2. The van der Waals surface area contributed by atoms with Gasteiger partial charge in [0.15, 0.2) is 0 Å². The van der Waals surface area contributed by atoms with Gasteiger partial charge in [0.2, 0.25) is 0 Å². The van der Waals surface area contributed by atoms with E-state index < -0.39 is 0 Å². The number of hydrogen-bond acceptors (Lipinski definition) is 4. The first-order chi connectivity index (χ1) is 7.31. The molecule has 1 fully saturated rings. The highest BCUT2D eigenvalue weighted by molar-refractivity contribution is 5.62. The van der Waals surface area contributed by atoms with Crippen LogP contribution in [-0.4, -0.2) is 25.1 Å². The second-order valence-electron chi connectivity index (χ2n) is 3.98. The molecule has 1 aromatic rings. The summed E-state index contributed by atoms with van der Waals surface area (Å²) in [6.45, 7) is 2.20. The van der Waals surface area contributed by atoms with E-state index in [4.69, 9.17) is 5.73 Å².